The average Bonchev–Trinajstić information content (AvgIpc) is 3.03. The lowest BCUT2D eigenvalue weighted by Crippen LogP contribution is -2.27. The van der Waals surface area contributed by atoms with E-state index in [0.717, 1.165) is 20.1 Å². The smallest absolute Gasteiger partial charge is 0.270 e. The van der Waals surface area contributed by atoms with E-state index in [2.05, 4.69) is 31.9 Å². The molecule has 0 aliphatic carbocycles. The van der Waals surface area contributed by atoms with E-state index in [1.54, 1.807) is 24.3 Å². The van der Waals surface area contributed by atoms with Gasteiger partial charge in [0.2, 0.25) is 0 Å². The third-order valence-electron chi connectivity index (χ3n) is 4.57. The highest BCUT2D eigenvalue weighted by molar-refractivity contribution is 9.11. The fourth-order valence-corrected chi connectivity index (χ4v) is 6.17. The first-order valence-electron chi connectivity index (χ1n) is 9.32. The molecule has 0 bridgehead atoms. The molecule has 1 amide bonds. The zero-order chi connectivity index (χ0) is 23.7. The Kier molecular flexibility index (Phi) is 8.11. The largest absolute Gasteiger partial charge is 0.487 e. The van der Waals surface area contributed by atoms with Gasteiger partial charge in [0.25, 0.3) is 5.91 Å². The van der Waals surface area contributed by atoms with Crippen molar-refractivity contribution >= 4 is 113 Å². The minimum absolute atomic E-state index is 0.223. The predicted octanol–water partition coefficient (Wildman–Crippen LogP) is 9.16. The van der Waals surface area contributed by atoms with Crippen LogP contribution in [-0.2, 0) is 11.4 Å². The van der Waals surface area contributed by atoms with Crippen LogP contribution in [0.4, 0.5) is 5.69 Å². The lowest BCUT2D eigenvalue weighted by atomic mass is 10.2. The van der Waals surface area contributed by atoms with Gasteiger partial charge in [-0.3, -0.25) is 9.69 Å². The van der Waals surface area contributed by atoms with Gasteiger partial charge in [-0.1, -0.05) is 70.9 Å². The molecule has 1 heterocycles. The Morgan fingerprint density at radius 2 is 1.64 bits per heavy atom. The quantitative estimate of drug-likeness (QED) is 0.201. The van der Waals surface area contributed by atoms with Crippen molar-refractivity contribution in [1.29, 1.82) is 0 Å². The van der Waals surface area contributed by atoms with E-state index in [9.17, 15) is 4.79 Å². The van der Waals surface area contributed by atoms with Gasteiger partial charge in [0, 0.05) is 5.02 Å². The molecule has 1 saturated heterocycles. The van der Waals surface area contributed by atoms with Gasteiger partial charge in [-0.15, -0.1) is 0 Å². The minimum Gasteiger partial charge on any atom is -0.487 e. The molecule has 10 heteroatoms. The number of hydrogen-bond acceptors (Lipinski definition) is 4. The maximum Gasteiger partial charge on any atom is 0.270 e. The van der Waals surface area contributed by atoms with Crippen LogP contribution in [0.15, 0.2) is 68.4 Å². The number of anilines is 1. The number of carbonyl (C=O) groups is 1. The monoisotopic (exact) mass is 661 g/mol. The number of amides is 1. The van der Waals surface area contributed by atoms with Gasteiger partial charge in [0.1, 0.15) is 12.4 Å². The number of thiocarbonyl (C=S) groups is 1. The molecule has 0 saturated carbocycles. The molecule has 0 radical (unpaired) electrons. The van der Waals surface area contributed by atoms with E-state index < -0.39 is 0 Å². The molecule has 33 heavy (non-hydrogen) atoms. The van der Waals surface area contributed by atoms with Crippen LogP contribution in [0, 0.1) is 0 Å². The molecule has 0 N–H and O–H groups in total. The fourth-order valence-electron chi connectivity index (χ4n) is 3.00. The molecule has 168 valence electrons. The zero-order valence-corrected chi connectivity index (χ0v) is 23.5. The second kappa shape index (κ2) is 10.7. The van der Waals surface area contributed by atoms with Gasteiger partial charge in [0.15, 0.2) is 4.32 Å². The molecule has 1 aliphatic rings. The van der Waals surface area contributed by atoms with E-state index in [1.165, 1.54) is 16.7 Å². The van der Waals surface area contributed by atoms with Crippen LogP contribution < -0.4 is 9.64 Å². The Labute approximate surface area is 232 Å². The molecule has 0 aromatic heterocycles. The van der Waals surface area contributed by atoms with E-state index in [1.807, 2.05) is 36.4 Å². The zero-order valence-electron chi connectivity index (χ0n) is 16.5. The Balaban J connectivity index is 1.55. The molecule has 3 nitrogen and oxygen atoms in total. The van der Waals surface area contributed by atoms with Crippen molar-refractivity contribution in [3.05, 3.63) is 94.6 Å². The second-order valence-corrected chi connectivity index (χ2v) is 11.5. The molecule has 1 aliphatic heterocycles. The second-order valence-electron chi connectivity index (χ2n) is 6.84. The maximum absolute atomic E-state index is 13.1. The fraction of sp³-hybridized carbons (Fsp3) is 0.0435. The minimum atomic E-state index is -0.223. The summed E-state index contributed by atoms with van der Waals surface area (Å²) in [5.41, 5.74) is 2.37. The summed E-state index contributed by atoms with van der Waals surface area (Å²) in [5.74, 6) is 0.434. The van der Waals surface area contributed by atoms with Gasteiger partial charge in [-0.05, 0) is 91.5 Å². The van der Waals surface area contributed by atoms with Crippen LogP contribution in [0.1, 0.15) is 11.1 Å². The molecule has 0 atom stereocenters. The summed E-state index contributed by atoms with van der Waals surface area (Å²) in [7, 11) is 0. The molecular weight excluding hydrogens is 653 g/mol. The van der Waals surface area contributed by atoms with E-state index in [0.29, 0.717) is 42.3 Å². The molecule has 4 rings (SSSR count). The summed E-state index contributed by atoms with van der Waals surface area (Å²) in [5, 5.41) is 1.44. The molecular formula is C23H12Br2Cl3NO2S2. The summed E-state index contributed by atoms with van der Waals surface area (Å²) in [4.78, 5) is 15.0. The van der Waals surface area contributed by atoms with Crippen LogP contribution in [0.25, 0.3) is 6.08 Å². The topological polar surface area (TPSA) is 29.5 Å². The van der Waals surface area contributed by atoms with E-state index in [-0.39, 0.29) is 5.91 Å². The SMILES string of the molecule is O=C1/C(=C/c2cc(Br)c(OCc3ccc(Cl)cc3)c(Br)c2)SC(=S)N1c1ccc(Cl)c(Cl)c1. The van der Waals surface area contributed by atoms with Crippen molar-refractivity contribution < 1.29 is 9.53 Å². The average molecular weight is 665 g/mol. The van der Waals surface area contributed by atoms with Gasteiger partial charge in [-0.2, -0.15) is 0 Å². The van der Waals surface area contributed by atoms with Gasteiger partial charge < -0.3 is 4.74 Å². The highest BCUT2D eigenvalue weighted by Gasteiger charge is 2.33. The summed E-state index contributed by atoms with van der Waals surface area (Å²) < 4.78 is 7.89. The first kappa shape index (κ1) is 25.0. The maximum atomic E-state index is 13.1. The number of benzene rings is 3. The number of thioether (sulfide) groups is 1. The van der Waals surface area contributed by atoms with Crippen LogP contribution >= 0.6 is 90.6 Å². The highest BCUT2D eigenvalue weighted by Crippen LogP contribution is 2.40. The van der Waals surface area contributed by atoms with E-state index in [4.69, 9.17) is 51.8 Å². The lowest BCUT2D eigenvalue weighted by molar-refractivity contribution is -0.113. The van der Waals surface area contributed by atoms with E-state index >= 15 is 0 Å². The predicted molar refractivity (Wildman–Crippen MR) is 150 cm³/mol. The van der Waals surface area contributed by atoms with Crippen molar-refractivity contribution in [2.24, 2.45) is 0 Å². The summed E-state index contributed by atoms with van der Waals surface area (Å²) >= 11 is 31.8. The van der Waals surface area contributed by atoms with Gasteiger partial charge in [-0.25, -0.2) is 0 Å². The Morgan fingerprint density at radius 1 is 0.970 bits per heavy atom. The summed E-state index contributed by atoms with van der Waals surface area (Å²) in [6, 6.07) is 16.2. The van der Waals surface area contributed by atoms with Crippen molar-refractivity contribution in [3.8, 4) is 5.75 Å². The molecule has 0 unspecified atom stereocenters. The van der Waals surface area contributed by atoms with Gasteiger partial charge in [0.05, 0.1) is 29.6 Å². The standard InChI is InChI=1S/C23H12Br2Cl3NO2S2/c24-16-7-13(8-17(25)21(16)31-11-12-1-3-14(26)4-2-12)9-20-22(30)29(23(32)33-20)15-5-6-18(27)19(28)10-15/h1-10H,11H2/b20-9-. The number of hydrogen-bond donors (Lipinski definition) is 0. The molecule has 0 spiro atoms. The number of nitrogens with zero attached hydrogens (tertiary/aromatic N) is 1. The number of ether oxygens (including phenoxy) is 1. The summed E-state index contributed by atoms with van der Waals surface area (Å²) in [6.07, 6.45) is 1.79. The Morgan fingerprint density at radius 3 is 2.27 bits per heavy atom. The third kappa shape index (κ3) is 5.78. The van der Waals surface area contributed by atoms with Crippen LogP contribution in [0.2, 0.25) is 15.1 Å². The first-order valence-corrected chi connectivity index (χ1v) is 13.3. The van der Waals surface area contributed by atoms with Crippen molar-refractivity contribution in [1.82, 2.24) is 0 Å². The van der Waals surface area contributed by atoms with Gasteiger partial charge >= 0.3 is 0 Å². The molecule has 3 aromatic rings. The Hall–Kier alpha value is -1.06. The van der Waals surface area contributed by atoms with Crippen LogP contribution in [0.5, 0.6) is 5.75 Å². The summed E-state index contributed by atoms with van der Waals surface area (Å²) in [6.45, 7) is 0.385. The highest BCUT2D eigenvalue weighted by atomic mass is 79.9. The number of halogens is 5. The normalized spacial score (nSPS) is 14.9. The number of rotatable bonds is 5. The van der Waals surface area contributed by atoms with Crippen LogP contribution in [0.3, 0.4) is 0 Å². The van der Waals surface area contributed by atoms with Crippen molar-refractivity contribution in [2.75, 3.05) is 4.90 Å². The Bertz CT molecular complexity index is 1280. The third-order valence-corrected chi connectivity index (χ3v) is 8.04. The lowest BCUT2D eigenvalue weighted by Gasteiger charge is -2.15. The first-order chi connectivity index (χ1) is 15.7. The molecule has 3 aromatic carbocycles. The molecule has 1 fully saturated rings. The number of carbonyl (C=O) groups excluding carboxylic acids is 1. The van der Waals surface area contributed by atoms with Crippen molar-refractivity contribution in [2.45, 2.75) is 6.61 Å². The van der Waals surface area contributed by atoms with Crippen molar-refractivity contribution in [3.63, 3.8) is 0 Å². The van der Waals surface area contributed by atoms with Crippen LogP contribution in [-0.4, -0.2) is 10.2 Å².